The Morgan fingerprint density at radius 1 is 1.06 bits per heavy atom. The normalized spacial score (nSPS) is 43.9. The zero-order valence-corrected chi connectivity index (χ0v) is 21.3. The number of carbonyl (C=O) groups excluding carboxylic acids is 1. The summed E-state index contributed by atoms with van der Waals surface area (Å²) in [5, 5.41) is 10.5. The Labute approximate surface area is 198 Å². The SMILES string of the molecule is CC1(C)CCC[C@]2(C)[C@H]3CS(=O)(=O)C4C=C(C(=O)N5CCOCC5)C=C(O)C4[C@]3(C)CC[C@@H]12. The van der Waals surface area contributed by atoms with Gasteiger partial charge in [0.05, 0.1) is 30.0 Å². The van der Waals surface area contributed by atoms with Crippen LogP contribution in [-0.4, -0.2) is 61.6 Å². The first-order chi connectivity index (χ1) is 15.4. The van der Waals surface area contributed by atoms with Gasteiger partial charge in [0.2, 0.25) is 0 Å². The lowest BCUT2D eigenvalue weighted by Gasteiger charge is -2.66. The van der Waals surface area contributed by atoms with Crippen LogP contribution in [0.15, 0.2) is 23.5 Å². The third-order valence-electron chi connectivity index (χ3n) is 10.2. The summed E-state index contributed by atoms with van der Waals surface area (Å²) in [6, 6.07) is 0. The molecular weight excluding hydrogens is 438 g/mol. The number of amides is 1. The summed E-state index contributed by atoms with van der Waals surface area (Å²) in [5.74, 6) is 0.0337. The van der Waals surface area contributed by atoms with Crippen molar-refractivity contribution in [1.29, 1.82) is 0 Å². The third-order valence-corrected chi connectivity index (χ3v) is 12.2. The van der Waals surface area contributed by atoms with E-state index in [0.717, 1.165) is 25.7 Å². The minimum Gasteiger partial charge on any atom is -0.512 e. The van der Waals surface area contributed by atoms with Gasteiger partial charge in [0, 0.05) is 24.6 Å². The van der Waals surface area contributed by atoms with E-state index in [4.69, 9.17) is 4.74 Å². The number of rotatable bonds is 1. The Kier molecular flexibility index (Phi) is 5.37. The van der Waals surface area contributed by atoms with E-state index in [-0.39, 0.29) is 39.6 Å². The van der Waals surface area contributed by atoms with Gasteiger partial charge in [-0.15, -0.1) is 0 Å². The lowest BCUT2D eigenvalue weighted by Crippen LogP contribution is -2.64. The molecule has 1 amide bonds. The first kappa shape index (κ1) is 23.4. The standard InChI is InChI=1S/C26H39NO5S/c1-24(2)7-5-8-25(3)20(24)6-9-26(4)21(25)16-33(30,31)19-15-17(14-18(28)22(19)26)23(29)27-10-12-32-13-11-27/h14-15,19-22,28H,5-13,16H2,1-4H3/t19?,20-,21+,22?,25-,26+/m0/s1. The van der Waals surface area contributed by atoms with Crippen molar-refractivity contribution in [3.05, 3.63) is 23.5 Å². The molecule has 33 heavy (non-hydrogen) atoms. The molecule has 2 heterocycles. The maximum Gasteiger partial charge on any atom is 0.253 e. The van der Waals surface area contributed by atoms with Crippen LogP contribution in [-0.2, 0) is 19.4 Å². The number of sulfone groups is 1. The van der Waals surface area contributed by atoms with Crippen LogP contribution < -0.4 is 0 Å². The molecule has 5 rings (SSSR count). The molecule has 5 aliphatic rings. The maximum absolute atomic E-state index is 13.8. The second-order valence-electron chi connectivity index (χ2n) is 12.4. The zero-order valence-electron chi connectivity index (χ0n) is 20.5. The van der Waals surface area contributed by atoms with E-state index in [1.807, 2.05) is 0 Å². The summed E-state index contributed by atoms with van der Waals surface area (Å²) < 4.78 is 32.8. The Morgan fingerprint density at radius 3 is 2.45 bits per heavy atom. The van der Waals surface area contributed by atoms with Crippen molar-refractivity contribution in [2.45, 2.75) is 65.0 Å². The first-order valence-corrected chi connectivity index (χ1v) is 14.3. The van der Waals surface area contributed by atoms with Crippen LogP contribution in [0, 0.1) is 34.0 Å². The molecule has 0 aromatic carbocycles. The van der Waals surface area contributed by atoms with E-state index in [1.54, 1.807) is 17.1 Å². The fourth-order valence-corrected chi connectivity index (χ4v) is 11.3. The second kappa shape index (κ2) is 7.58. The fourth-order valence-electron chi connectivity index (χ4n) is 8.63. The quantitative estimate of drug-likeness (QED) is 0.619. The molecule has 2 unspecified atom stereocenters. The summed E-state index contributed by atoms with van der Waals surface area (Å²) >= 11 is 0. The highest BCUT2D eigenvalue weighted by Gasteiger charge is 2.66. The molecule has 2 saturated heterocycles. The molecule has 0 spiro atoms. The second-order valence-corrected chi connectivity index (χ2v) is 14.6. The Hall–Kier alpha value is -1.34. The van der Waals surface area contributed by atoms with Crippen LogP contribution >= 0.6 is 0 Å². The van der Waals surface area contributed by atoms with Crippen molar-refractivity contribution >= 4 is 15.7 Å². The van der Waals surface area contributed by atoms with Crippen molar-refractivity contribution in [1.82, 2.24) is 4.90 Å². The molecular formula is C26H39NO5S. The number of morpholine rings is 1. The summed E-state index contributed by atoms with van der Waals surface area (Å²) in [4.78, 5) is 14.8. The summed E-state index contributed by atoms with van der Waals surface area (Å²) in [6.07, 6.45) is 8.55. The molecule has 2 saturated carbocycles. The number of ether oxygens (including phenoxy) is 1. The largest absolute Gasteiger partial charge is 0.512 e. The average molecular weight is 478 g/mol. The van der Waals surface area contributed by atoms with Gasteiger partial charge in [0.15, 0.2) is 9.84 Å². The van der Waals surface area contributed by atoms with Crippen molar-refractivity contribution in [2.75, 3.05) is 32.1 Å². The number of allylic oxidation sites excluding steroid dienone is 1. The van der Waals surface area contributed by atoms with Gasteiger partial charge >= 0.3 is 0 Å². The maximum atomic E-state index is 13.8. The van der Waals surface area contributed by atoms with Crippen molar-refractivity contribution in [3.63, 3.8) is 0 Å². The van der Waals surface area contributed by atoms with Crippen LogP contribution in [0.1, 0.15) is 59.8 Å². The molecule has 0 bridgehead atoms. The minimum absolute atomic E-state index is 0.00928. The number of nitrogens with zero attached hydrogens (tertiary/aromatic N) is 1. The van der Waals surface area contributed by atoms with Crippen molar-refractivity contribution in [2.24, 2.45) is 34.0 Å². The van der Waals surface area contributed by atoms with Crippen molar-refractivity contribution < 1.29 is 23.1 Å². The van der Waals surface area contributed by atoms with Crippen LogP contribution in [0.2, 0.25) is 0 Å². The predicted octanol–water partition coefficient (Wildman–Crippen LogP) is 3.89. The number of aliphatic hydroxyl groups is 1. The molecule has 1 N–H and O–H groups in total. The molecule has 184 valence electrons. The zero-order chi connectivity index (χ0) is 23.8. The van der Waals surface area contributed by atoms with Gasteiger partial charge in [0.25, 0.3) is 5.91 Å². The van der Waals surface area contributed by atoms with Gasteiger partial charge in [-0.1, -0.05) is 40.2 Å². The topological polar surface area (TPSA) is 83.9 Å². The Bertz CT molecular complexity index is 1010. The molecule has 2 aliphatic heterocycles. The van der Waals surface area contributed by atoms with Crippen molar-refractivity contribution in [3.8, 4) is 0 Å². The smallest absolute Gasteiger partial charge is 0.253 e. The van der Waals surface area contributed by atoms with Gasteiger partial charge in [-0.3, -0.25) is 4.79 Å². The third kappa shape index (κ3) is 3.43. The molecule has 6 nitrogen and oxygen atoms in total. The highest BCUT2D eigenvalue weighted by atomic mass is 32.2. The summed E-state index contributed by atoms with van der Waals surface area (Å²) in [5.41, 5.74) is 0.150. The molecule has 6 atom stereocenters. The number of hydrogen-bond acceptors (Lipinski definition) is 5. The Morgan fingerprint density at radius 2 is 1.76 bits per heavy atom. The van der Waals surface area contributed by atoms with Gasteiger partial charge in [-0.05, 0) is 59.8 Å². The van der Waals surface area contributed by atoms with Crippen LogP contribution in [0.25, 0.3) is 0 Å². The van der Waals surface area contributed by atoms with Gasteiger partial charge < -0.3 is 14.7 Å². The molecule has 7 heteroatoms. The van der Waals surface area contributed by atoms with E-state index in [2.05, 4.69) is 27.7 Å². The van der Waals surface area contributed by atoms with Crippen LogP contribution in [0.5, 0.6) is 0 Å². The average Bonchev–Trinajstić information content (AvgIpc) is 2.74. The van der Waals surface area contributed by atoms with Crippen LogP contribution in [0.3, 0.4) is 0 Å². The highest BCUT2D eigenvalue weighted by Crippen LogP contribution is 2.68. The summed E-state index contributed by atoms with van der Waals surface area (Å²) in [7, 11) is -3.52. The number of fused-ring (bicyclic) bond motifs is 5. The van der Waals surface area contributed by atoms with Gasteiger partial charge in [-0.2, -0.15) is 0 Å². The highest BCUT2D eigenvalue weighted by molar-refractivity contribution is 7.92. The van der Waals surface area contributed by atoms with Crippen LogP contribution in [0.4, 0.5) is 0 Å². The monoisotopic (exact) mass is 477 g/mol. The molecule has 4 fully saturated rings. The first-order valence-electron chi connectivity index (χ1n) is 12.6. The number of aliphatic hydroxyl groups excluding tert-OH is 1. The molecule has 0 aromatic heterocycles. The summed E-state index contributed by atoms with van der Waals surface area (Å²) in [6.45, 7) is 11.2. The van der Waals surface area contributed by atoms with E-state index >= 15 is 0 Å². The lowest BCUT2D eigenvalue weighted by atomic mass is 9.41. The van der Waals surface area contributed by atoms with E-state index in [0.29, 0.717) is 37.8 Å². The van der Waals surface area contributed by atoms with E-state index < -0.39 is 21.0 Å². The lowest BCUT2D eigenvalue weighted by molar-refractivity contribution is -0.140. The van der Waals surface area contributed by atoms with E-state index in [9.17, 15) is 18.3 Å². The number of hydrogen-bond donors (Lipinski definition) is 1. The molecule has 3 aliphatic carbocycles. The minimum atomic E-state index is -3.52. The van der Waals surface area contributed by atoms with Gasteiger partial charge in [0.1, 0.15) is 0 Å². The van der Waals surface area contributed by atoms with Gasteiger partial charge in [-0.25, -0.2) is 8.42 Å². The van der Waals surface area contributed by atoms with E-state index in [1.165, 1.54) is 6.42 Å². The fraction of sp³-hybridized carbons (Fsp3) is 0.808. The number of carbonyl (C=O) groups is 1. The molecule has 0 aromatic rings. The Balaban J connectivity index is 1.53. The predicted molar refractivity (Wildman–Crippen MR) is 127 cm³/mol. The molecule has 0 radical (unpaired) electrons.